The number of methoxy groups -OCH3 is 2. The van der Waals surface area contributed by atoms with Crippen LogP contribution in [-0.4, -0.2) is 24.2 Å². The Hall–Kier alpha value is -2.75. The van der Waals surface area contributed by atoms with Crippen molar-refractivity contribution < 1.29 is 9.47 Å². The molecule has 0 aliphatic rings. The lowest BCUT2D eigenvalue weighted by Crippen LogP contribution is -1.91. The first kappa shape index (κ1) is 12.0. The van der Waals surface area contributed by atoms with E-state index in [1.165, 1.54) is 5.39 Å². The van der Waals surface area contributed by atoms with Crippen LogP contribution >= 0.6 is 0 Å². The number of aromatic nitrogens is 2. The van der Waals surface area contributed by atoms with Crippen LogP contribution in [-0.2, 0) is 0 Å². The van der Waals surface area contributed by atoms with Crippen LogP contribution in [0.1, 0.15) is 0 Å². The first-order chi connectivity index (χ1) is 10.3. The van der Waals surface area contributed by atoms with Crippen molar-refractivity contribution >= 4 is 32.7 Å². The van der Waals surface area contributed by atoms with Crippen LogP contribution < -0.4 is 9.47 Å². The smallest absolute Gasteiger partial charge is 0.162 e. The van der Waals surface area contributed by atoms with Crippen LogP contribution in [0.15, 0.2) is 42.6 Å². The molecule has 4 rings (SSSR count). The second-order valence-electron chi connectivity index (χ2n) is 4.94. The molecule has 0 aliphatic heterocycles. The highest BCUT2D eigenvalue weighted by molar-refractivity contribution is 6.16. The number of ether oxygens (including phenoxy) is 2. The topological polar surface area (TPSA) is 47.1 Å². The van der Waals surface area contributed by atoms with Gasteiger partial charge in [0.25, 0.3) is 0 Å². The van der Waals surface area contributed by atoms with E-state index in [2.05, 4.69) is 22.1 Å². The van der Waals surface area contributed by atoms with Gasteiger partial charge in [0.2, 0.25) is 0 Å². The number of benzene rings is 2. The van der Waals surface area contributed by atoms with Crippen molar-refractivity contribution in [3.8, 4) is 11.5 Å². The lowest BCUT2D eigenvalue weighted by atomic mass is 10.1. The van der Waals surface area contributed by atoms with Crippen LogP contribution in [0, 0.1) is 0 Å². The zero-order valence-corrected chi connectivity index (χ0v) is 11.8. The van der Waals surface area contributed by atoms with Crippen molar-refractivity contribution in [3.63, 3.8) is 0 Å². The number of hydrogen-bond donors (Lipinski definition) is 1. The summed E-state index contributed by atoms with van der Waals surface area (Å²) in [6, 6.07) is 12.1. The largest absolute Gasteiger partial charge is 0.493 e. The van der Waals surface area contributed by atoms with Crippen molar-refractivity contribution in [3.05, 3.63) is 42.6 Å². The molecular weight excluding hydrogens is 264 g/mol. The van der Waals surface area contributed by atoms with Gasteiger partial charge < -0.3 is 14.5 Å². The highest BCUT2D eigenvalue weighted by Gasteiger charge is 2.12. The molecule has 4 heteroatoms. The number of rotatable bonds is 2. The molecule has 104 valence electrons. The Labute approximate surface area is 121 Å². The fourth-order valence-electron chi connectivity index (χ4n) is 2.82. The molecule has 2 aromatic heterocycles. The van der Waals surface area contributed by atoms with Gasteiger partial charge in [-0.25, -0.2) is 0 Å². The number of pyridine rings is 1. The van der Waals surface area contributed by atoms with Gasteiger partial charge >= 0.3 is 0 Å². The Kier molecular flexibility index (Phi) is 2.51. The molecule has 0 saturated heterocycles. The molecule has 0 aliphatic carbocycles. The van der Waals surface area contributed by atoms with Crippen molar-refractivity contribution in [1.29, 1.82) is 0 Å². The molecule has 0 bridgehead atoms. The minimum Gasteiger partial charge on any atom is -0.493 e. The molecule has 4 nitrogen and oxygen atoms in total. The number of para-hydroxylation sites is 1. The lowest BCUT2D eigenvalue weighted by molar-refractivity contribution is 0.356. The predicted molar refractivity (Wildman–Crippen MR) is 84.2 cm³/mol. The van der Waals surface area contributed by atoms with Gasteiger partial charge in [0, 0.05) is 33.9 Å². The van der Waals surface area contributed by atoms with Gasteiger partial charge in [0.1, 0.15) is 0 Å². The van der Waals surface area contributed by atoms with E-state index in [1.54, 1.807) is 14.2 Å². The summed E-state index contributed by atoms with van der Waals surface area (Å²) in [6.45, 7) is 0. The van der Waals surface area contributed by atoms with E-state index in [9.17, 15) is 0 Å². The Morgan fingerprint density at radius 2 is 1.67 bits per heavy atom. The van der Waals surface area contributed by atoms with Gasteiger partial charge in [0.05, 0.1) is 25.3 Å². The number of nitrogens with zero attached hydrogens (tertiary/aromatic N) is 1. The van der Waals surface area contributed by atoms with E-state index in [-0.39, 0.29) is 0 Å². The summed E-state index contributed by atoms with van der Waals surface area (Å²) in [6.07, 6.45) is 1.91. The standard InChI is InChI=1S/C17H14N2O2/c1-20-15-7-11-14(8-16(15)21-2)18-9-12-10-5-3-4-6-13(10)19-17(11)12/h3-9,19H,1-2H3. The van der Waals surface area contributed by atoms with Gasteiger partial charge in [0.15, 0.2) is 11.5 Å². The predicted octanol–water partition coefficient (Wildman–Crippen LogP) is 3.89. The van der Waals surface area contributed by atoms with E-state index in [0.717, 1.165) is 27.3 Å². The zero-order chi connectivity index (χ0) is 14.4. The minimum atomic E-state index is 0.688. The van der Waals surface area contributed by atoms with E-state index in [0.29, 0.717) is 11.5 Å². The molecule has 0 unspecified atom stereocenters. The van der Waals surface area contributed by atoms with E-state index < -0.39 is 0 Å². The lowest BCUT2D eigenvalue weighted by Gasteiger charge is -2.09. The van der Waals surface area contributed by atoms with Crippen molar-refractivity contribution in [2.45, 2.75) is 0 Å². The third-order valence-corrected chi connectivity index (χ3v) is 3.85. The Morgan fingerprint density at radius 3 is 2.48 bits per heavy atom. The van der Waals surface area contributed by atoms with E-state index >= 15 is 0 Å². The van der Waals surface area contributed by atoms with Crippen molar-refractivity contribution in [2.75, 3.05) is 14.2 Å². The molecule has 0 amide bonds. The zero-order valence-electron chi connectivity index (χ0n) is 11.8. The van der Waals surface area contributed by atoms with Crippen LogP contribution in [0.4, 0.5) is 0 Å². The Morgan fingerprint density at radius 1 is 0.905 bits per heavy atom. The average Bonchev–Trinajstić information content (AvgIpc) is 2.92. The van der Waals surface area contributed by atoms with Gasteiger partial charge in [-0.05, 0) is 12.1 Å². The fraction of sp³-hybridized carbons (Fsp3) is 0.118. The first-order valence-corrected chi connectivity index (χ1v) is 6.73. The minimum absolute atomic E-state index is 0.688. The summed E-state index contributed by atoms with van der Waals surface area (Å²) < 4.78 is 10.7. The monoisotopic (exact) mass is 278 g/mol. The number of H-pyrrole nitrogens is 1. The maximum atomic E-state index is 5.40. The van der Waals surface area contributed by atoms with Crippen LogP contribution in [0.2, 0.25) is 0 Å². The molecule has 0 saturated carbocycles. The molecule has 0 atom stereocenters. The molecule has 2 heterocycles. The molecular formula is C17H14N2O2. The van der Waals surface area contributed by atoms with E-state index in [4.69, 9.17) is 9.47 Å². The maximum absolute atomic E-state index is 5.40. The number of nitrogens with one attached hydrogen (secondary N) is 1. The Balaban J connectivity index is 2.17. The number of aromatic amines is 1. The first-order valence-electron chi connectivity index (χ1n) is 6.73. The highest BCUT2D eigenvalue weighted by atomic mass is 16.5. The molecule has 4 aromatic rings. The third-order valence-electron chi connectivity index (χ3n) is 3.85. The quantitative estimate of drug-likeness (QED) is 0.605. The number of fused-ring (bicyclic) bond motifs is 5. The summed E-state index contributed by atoms with van der Waals surface area (Å²) in [4.78, 5) is 8.03. The van der Waals surface area contributed by atoms with Gasteiger partial charge in [-0.15, -0.1) is 0 Å². The summed E-state index contributed by atoms with van der Waals surface area (Å²) in [5.41, 5.74) is 3.06. The molecule has 0 fully saturated rings. The van der Waals surface area contributed by atoms with Crippen molar-refractivity contribution in [1.82, 2.24) is 9.97 Å². The second-order valence-corrected chi connectivity index (χ2v) is 4.94. The van der Waals surface area contributed by atoms with Crippen LogP contribution in [0.5, 0.6) is 11.5 Å². The third kappa shape index (κ3) is 1.65. The van der Waals surface area contributed by atoms with Gasteiger partial charge in [-0.1, -0.05) is 18.2 Å². The van der Waals surface area contributed by atoms with Crippen LogP contribution in [0.25, 0.3) is 32.7 Å². The number of hydrogen-bond acceptors (Lipinski definition) is 3. The summed E-state index contributed by atoms with van der Waals surface area (Å²) in [5.74, 6) is 1.39. The summed E-state index contributed by atoms with van der Waals surface area (Å²) in [7, 11) is 3.27. The van der Waals surface area contributed by atoms with Gasteiger partial charge in [-0.3, -0.25) is 4.98 Å². The molecule has 1 N–H and O–H groups in total. The Bertz CT molecular complexity index is 973. The fourth-order valence-corrected chi connectivity index (χ4v) is 2.82. The van der Waals surface area contributed by atoms with Crippen molar-refractivity contribution in [2.24, 2.45) is 0 Å². The summed E-state index contributed by atoms with van der Waals surface area (Å²) in [5, 5.41) is 3.32. The van der Waals surface area contributed by atoms with E-state index in [1.807, 2.05) is 30.5 Å². The summed E-state index contributed by atoms with van der Waals surface area (Å²) >= 11 is 0. The van der Waals surface area contributed by atoms with Gasteiger partial charge in [-0.2, -0.15) is 0 Å². The molecule has 0 spiro atoms. The molecule has 21 heavy (non-hydrogen) atoms. The average molecular weight is 278 g/mol. The van der Waals surface area contributed by atoms with Crippen LogP contribution in [0.3, 0.4) is 0 Å². The second kappa shape index (κ2) is 4.38. The highest BCUT2D eigenvalue weighted by Crippen LogP contribution is 2.36. The molecule has 2 aromatic carbocycles. The SMILES string of the molecule is COc1cc2ncc3c4ccccc4[nH]c3c2cc1OC. The molecule has 0 radical (unpaired) electrons. The maximum Gasteiger partial charge on any atom is 0.162 e. The normalized spacial score (nSPS) is 11.3.